The van der Waals surface area contributed by atoms with Crippen LogP contribution >= 0.6 is 0 Å². The Bertz CT molecular complexity index is 1290. The van der Waals surface area contributed by atoms with Crippen molar-refractivity contribution in [3.8, 4) is 11.3 Å². The fourth-order valence-electron chi connectivity index (χ4n) is 3.54. The number of nitrogens with one attached hydrogen (secondary N) is 1. The monoisotopic (exact) mass is 438 g/mol. The molecule has 9 heteroatoms. The van der Waals surface area contributed by atoms with E-state index in [1.54, 1.807) is 18.3 Å². The Morgan fingerprint density at radius 3 is 2.59 bits per heavy atom. The first-order valence-corrected chi connectivity index (χ1v) is 10.0. The van der Waals surface area contributed by atoms with Crippen molar-refractivity contribution in [1.82, 2.24) is 20.3 Å². The molecule has 0 unspecified atom stereocenters. The van der Waals surface area contributed by atoms with Crippen LogP contribution in [-0.4, -0.2) is 20.9 Å². The van der Waals surface area contributed by atoms with Crippen LogP contribution in [0.25, 0.3) is 22.2 Å². The summed E-state index contributed by atoms with van der Waals surface area (Å²) in [6, 6.07) is 11.5. The maximum atomic E-state index is 12.8. The number of hydrogen-bond donors (Lipinski definition) is 1. The second kappa shape index (κ2) is 7.74. The van der Waals surface area contributed by atoms with Crippen LogP contribution in [0.1, 0.15) is 46.3 Å². The van der Waals surface area contributed by atoms with Crippen molar-refractivity contribution in [2.45, 2.75) is 31.5 Å². The zero-order chi connectivity index (χ0) is 22.3. The molecular formula is C23H17F3N4O2. The number of halogens is 3. The maximum absolute atomic E-state index is 12.8. The molecule has 1 aromatic carbocycles. The van der Waals surface area contributed by atoms with Crippen LogP contribution < -0.4 is 5.32 Å². The standard InChI is InChI=1S/C23H17F3N4O2/c24-23(25,26)22-29-11-13(12-30-22)10-28-21(31)20-17-5-2-8-27-18(17)19(32-20)16-4-1-3-15(9-16)14-6-7-14/h1-5,8-9,11-12,14H,6-7,10H2,(H,28,31). The Morgan fingerprint density at radius 2 is 1.88 bits per heavy atom. The number of benzene rings is 1. The van der Waals surface area contributed by atoms with E-state index in [2.05, 4.69) is 32.4 Å². The molecule has 6 nitrogen and oxygen atoms in total. The molecule has 0 saturated heterocycles. The van der Waals surface area contributed by atoms with E-state index in [0.717, 1.165) is 18.0 Å². The molecule has 3 heterocycles. The van der Waals surface area contributed by atoms with Crippen LogP contribution in [0.15, 0.2) is 59.4 Å². The highest BCUT2D eigenvalue weighted by molar-refractivity contribution is 6.07. The van der Waals surface area contributed by atoms with Crippen molar-refractivity contribution in [3.63, 3.8) is 0 Å². The van der Waals surface area contributed by atoms with Gasteiger partial charge in [0.1, 0.15) is 5.52 Å². The number of furan rings is 1. The van der Waals surface area contributed by atoms with Gasteiger partial charge in [-0.3, -0.25) is 9.78 Å². The fourth-order valence-corrected chi connectivity index (χ4v) is 3.54. The first-order chi connectivity index (χ1) is 15.4. The summed E-state index contributed by atoms with van der Waals surface area (Å²) in [5.41, 5.74) is 2.98. The molecule has 1 saturated carbocycles. The molecule has 0 bridgehead atoms. The summed E-state index contributed by atoms with van der Waals surface area (Å²) >= 11 is 0. The second-order valence-electron chi connectivity index (χ2n) is 7.65. The highest BCUT2D eigenvalue weighted by atomic mass is 19.4. The van der Waals surface area contributed by atoms with E-state index in [1.807, 2.05) is 12.1 Å². The lowest BCUT2D eigenvalue weighted by Gasteiger charge is -2.06. The number of hydrogen-bond acceptors (Lipinski definition) is 5. The number of amides is 1. The zero-order valence-corrected chi connectivity index (χ0v) is 16.7. The molecule has 1 aliphatic carbocycles. The summed E-state index contributed by atoms with van der Waals surface area (Å²) in [6.07, 6.45) is 1.42. The zero-order valence-electron chi connectivity index (χ0n) is 16.7. The smallest absolute Gasteiger partial charge is 0.448 e. The minimum Gasteiger partial charge on any atom is -0.448 e. The van der Waals surface area contributed by atoms with Gasteiger partial charge in [0.05, 0.1) is 5.39 Å². The van der Waals surface area contributed by atoms with Gasteiger partial charge in [0.15, 0.2) is 5.76 Å². The van der Waals surface area contributed by atoms with Gasteiger partial charge in [0, 0.05) is 36.3 Å². The Labute approximate surface area is 180 Å². The SMILES string of the molecule is O=C(NCc1cnc(C(F)(F)F)nc1)c1oc(-c2cccc(C3CC3)c2)c2ncccc12. The number of fused-ring (bicyclic) bond motifs is 1. The average Bonchev–Trinajstić information content (AvgIpc) is 3.58. The molecule has 1 aliphatic rings. The van der Waals surface area contributed by atoms with Crippen molar-refractivity contribution in [2.24, 2.45) is 0 Å². The van der Waals surface area contributed by atoms with E-state index in [0.29, 0.717) is 28.1 Å². The van der Waals surface area contributed by atoms with Gasteiger partial charge in [-0.25, -0.2) is 9.97 Å². The molecule has 0 aliphatic heterocycles. The average molecular weight is 438 g/mol. The first-order valence-electron chi connectivity index (χ1n) is 10.0. The highest BCUT2D eigenvalue weighted by Gasteiger charge is 2.34. The molecule has 0 atom stereocenters. The van der Waals surface area contributed by atoms with Crippen LogP contribution in [0, 0.1) is 0 Å². The van der Waals surface area contributed by atoms with Crippen LogP contribution in [0.3, 0.4) is 0 Å². The molecule has 162 valence electrons. The third-order valence-corrected chi connectivity index (χ3v) is 5.29. The van der Waals surface area contributed by atoms with Crippen molar-refractivity contribution in [3.05, 3.63) is 77.7 Å². The quantitative estimate of drug-likeness (QED) is 0.468. The van der Waals surface area contributed by atoms with Crippen molar-refractivity contribution in [1.29, 1.82) is 0 Å². The predicted octanol–water partition coefficient (Wildman–Crippen LogP) is 5.11. The van der Waals surface area contributed by atoms with E-state index < -0.39 is 17.9 Å². The highest BCUT2D eigenvalue weighted by Crippen LogP contribution is 2.42. The summed E-state index contributed by atoms with van der Waals surface area (Å²) in [4.78, 5) is 23.8. The van der Waals surface area contributed by atoms with E-state index in [9.17, 15) is 18.0 Å². The summed E-state index contributed by atoms with van der Waals surface area (Å²) in [5.74, 6) is -0.571. The van der Waals surface area contributed by atoms with E-state index in [-0.39, 0.29) is 12.3 Å². The molecule has 4 aromatic rings. The predicted molar refractivity (Wildman–Crippen MR) is 110 cm³/mol. The summed E-state index contributed by atoms with van der Waals surface area (Å²) < 4.78 is 43.8. The number of carbonyl (C=O) groups excluding carboxylic acids is 1. The van der Waals surface area contributed by atoms with Gasteiger partial charge in [-0.15, -0.1) is 0 Å². The molecule has 3 aromatic heterocycles. The van der Waals surface area contributed by atoms with Gasteiger partial charge in [-0.05, 0) is 42.5 Å². The van der Waals surface area contributed by atoms with Gasteiger partial charge < -0.3 is 9.73 Å². The molecule has 0 spiro atoms. The summed E-state index contributed by atoms with van der Waals surface area (Å²) in [5, 5.41) is 3.20. The fraction of sp³-hybridized carbons (Fsp3) is 0.217. The molecular weight excluding hydrogens is 421 g/mol. The van der Waals surface area contributed by atoms with E-state index >= 15 is 0 Å². The van der Waals surface area contributed by atoms with E-state index in [4.69, 9.17) is 4.42 Å². The number of pyridine rings is 1. The van der Waals surface area contributed by atoms with Crippen molar-refractivity contribution < 1.29 is 22.4 Å². The molecule has 1 fully saturated rings. The number of rotatable bonds is 5. The van der Waals surface area contributed by atoms with Gasteiger partial charge in [-0.1, -0.05) is 18.2 Å². The normalized spacial score (nSPS) is 14.0. The topological polar surface area (TPSA) is 80.9 Å². The van der Waals surface area contributed by atoms with Crippen LogP contribution in [0.5, 0.6) is 0 Å². The Hall–Kier alpha value is -3.75. The maximum Gasteiger partial charge on any atom is 0.451 e. The minimum absolute atomic E-state index is 0.0497. The lowest BCUT2D eigenvalue weighted by molar-refractivity contribution is -0.145. The van der Waals surface area contributed by atoms with Gasteiger partial charge in [0.2, 0.25) is 11.6 Å². The third kappa shape index (κ3) is 3.93. The lowest BCUT2D eigenvalue weighted by Crippen LogP contribution is -2.23. The van der Waals surface area contributed by atoms with Crippen molar-refractivity contribution >= 4 is 16.8 Å². The molecule has 1 N–H and O–H groups in total. The largest absolute Gasteiger partial charge is 0.451 e. The molecule has 32 heavy (non-hydrogen) atoms. The number of nitrogens with zero attached hydrogens (tertiary/aromatic N) is 3. The minimum atomic E-state index is -4.62. The lowest BCUT2D eigenvalue weighted by atomic mass is 10.0. The van der Waals surface area contributed by atoms with Crippen LogP contribution in [-0.2, 0) is 12.7 Å². The first kappa shape index (κ1) is 20.2. The van der Waals surface area contributed by atoms with E-state index in [1.165, 1.54) is 18.4 Å². The Kier molecular flexibility index (Phi) is 4.88. The van der Waals surface area contributed by atoms with Crippen LogP contribution in [0.4, 0.5) is 13.2 Å². The Balaban J connectivity index is 1.40. The summed E-state index contributed by atoms with van der Waals surface area (Å²) in [7, 11) is 0. The van der Waals surface area contributed by atoms with Gasteiger partial charge in [-0.2, -0.15) is 13.2 Å². The van der Waals surface area contributed by atoms with Gasteiger partial charge >= 0.3 is 6.18 Å². The number of carbonyl (C=O) groups is 1. The second-order valence-corrected chi connectivity index (χ2v) is 7.65. The van der Waals surface area contributed by atoms with Crippen molar-refractivity contribution in [2.75, 3.05) is 0 Å². The summed E-state index contributed by atoms with van der Waals surface area (Å²) in [6.45, 7) is -0.0497. The Morgan fingerprint density at radius 1 is 1.09 bits per heavy atom. The number of aromatic nitrogens is 3. The van der Waals surface area contributed by atoms with Crippen LogP contribution in [0.2, 0.25) is 0 Å². The number of alkyl halides is 3. The van der Waals surface area contributed by atoms with Gasteiger partial charge in [0.25, 0.3) is 5.91 Å². The molecule has 1 amide bonds. The molecule has 0 radical (unpaired) electrons. The molecule has 5 rings (SSSR count). The third-order valence-electron chi connectivity index (χ3n) is 5.29.